The summed E-state index contributed by atoms with van der Waals surface area (Å²) >= 11 is 5.52. The van der Waals surface area contributed by atoms with Gasteiger partial charge >= 0.3 is 0 Å². The molecule has 0 saturated heterocycles. The van der Waals surface area contributed by atoms with E-state index in [0.29, 0.717) is 6.42 Å². The van der Waals surface area contributed by atoms with Gasteiger partial charge in [0.2, 0.25) is 11.2 Å². The highest BCUT2D eigenvalue weighted by atomic mass is 35.5. The van der Waals surface area contributed by atoms with Crippen molar-refractivity contribution in [3.8, 4) is 0 Å². The van der Waals surface area contributed by atoms with Crippen molar-refractivity contribution in [3.63, 3.8) is 0 Å². The first kappa shape index (κ1) is 11.1. The molecule has 0 aliphatic carbocycles. The summed E-state index contributed by atoms with van der Waals surface area (Å²) in [5, 5.41) is -0.0705. The summed E-state index contributed by atoms with van der Waals surface area (Å²) in [5.41, 5.74) is 5.31. The van der Waals surface area contributed by atoms with Crippen molar-refractivity contribution in [2.45, 2.75) is 26.4 Å². The minimum Gasteiger partial charge on any atom is -0.368 e. The standard InChI is InChI=1S/C8H12ClFN4/c1-4(2)3-5(10)6-12-7(9)14-8(11)13-6/h4-5H,3H2,1-2H3,(H2,11,12,13,14). The molecule has 0 aliphatic rings. The quantitative estimate of drug-likeness (QED) is 0.845. The molecule has 78 valence electrons. The monoisotopic (exact) mass is 218 g/mol. The highest BCUT2D eigenvalue weighted by Crippen LogP contribution is 2.22. The van der Waals surface area contributed by atoms with E-state index in [-0.39, 0.29) is 23.0 Å². The second-order valence-corrected chi connectivity index (χ2v) is 3.76. The van der Waals surface area contributed by atoms with Gasteiger partial charge in [0, 0.05) is 0 Å². The number of nitrogens with two attached hydrogens (primary N) is 1. The Balaban J connectivity index is 2.84. The van der Waals surface area contributed by atoms with E-state index in [1.165, 1.54) is 0 Å². The Labute approximate surface area is 86.7 Å². The van der Waals surface area contributed by atoms with Gasteiger partial charge in [0.15, 0.2) is 12.0 Å². The fraction of sp³-hybridized carbons (Fsp3) is 0.625. The maximum Gasteiger partial charge on any atom is 0.227 e. The van der Waals surface area contributed by atoms with Gasteiger partial charge in [-0.25, -0.2) is 4.39 Å². The van der Waals surface area contributed by atoms with Gasteiger partial charge in [0.25, 0.3) is 0 Å². The number of alkyl halides is 1. The molecule has 0 aliphatic heterocycles. The van der Waals surface area contributed by atoms with Gasteiger partial charge in [0.1, 0.15) is 0 Å². The van der Waals surface area contributed by atoms with Gasteiger partial charge in [-0.15, -0.1) is 0 Å². The highest BCUT2D eigenvalue weighted by Gasteiger charge is 2.16. The lowest BCUT2D eigenvalue weighted by molar-refractivity contribution is 0.276. The van der Waals surface area contributed by atoms with Crippen LogP contribution in [0.25, 0.3) is 0 Å². The van der Waals surface area contributed by atoms with Crippen molar-refractivity contribution < 1.29 is 4.39 Å². The maximum absolute atomic E-state index is 13.5. The topological polar surface area (TPSA) is 64.7 Å². The molecule has 0 fully saturated rings. The van der Waals surface area contributed by atoms with E-state index in [9.17, 15) is 4.39 Å². The van der Waals surface area contributed by atoms with Gasteiger partial charge in [-0.1, -0.05) is 13.8 Å². The summed E-state index contributed by atoms with van der Waals surface area (Å²) in [6, 6.07) is 0. The molecular weight excluding hydrogens is 207 g/mol. The van der Waals surface area contributed by atoms with Crippen molar-refractivity contribution in [1.82, 2.24) is 15.0 Å². The zero-order valence-electron chi connectivity index (χ0n) is 8.04. The Kier molecular flexibility index (Phi) is 3.57. The Morgan fingerprint density at radius 2 is 2.00 bits per heavy atom. The average Bonchev–Trinajstić information content (AvgIpc) is 2.00. The number of halogens is 2. The zero-order chi connectivity index (χ0) is 10.7. The molecule has 1 rings (SSSR count). The van der Waals surface area contributed by atoms with Crippen LogP contribution in [0.4, 0.5) is 10.3 Å². The van der Waals surface area contributed by atoms with Crippen molar-refractivity contribution in [3.05, 3.63) is 11.1 Å². The lowest BCUT2D eigenvalue weighted by Gasteiger charge is -2.09. The Morgan fingerprint density at radius 1 is 1.36 bits per heavy atom. The molecule has 1 aromatic heterocycles. The van der Waals surface area contributed by atoms with Crippen LogP contribution >= 0.6 is 11.6 Å². The molecular formula is C8H12ClFN4. The molecule has 2 N–H and O–H groups in total. The van der Waals surface area contributed by atoms with Gasteiger partial charge in [-0.05, 0) is 23.9 Å². The van der Waals surface area contributed by atoms with E-state index in [1.54, 1.807) is 0 Å². The normalized spacial score (nSPS) is 13.2. The second-order valence-electron chi connectivity index (χ2n) is 3.42. The van der Waals surface area contributed by atoms with Crippen LogP contribution in [-0.4, -0.2) is 15.0 Å². The van der Waals surface area contributed by atoms with Gasteiger partial charge in [-0.3, -0.25) is 0 Å². The van der Waals surface area contributed by atoms with Crippen LogP contribution in [0.2, 0.25) is 5.28 Å². The highest BCUT2D eigenvalue weighted by molar-refractivity contribution is 6.28. The third-order valence-electron chi connectivity index (χ3n) is 1.60. The van der Waals surface area contributed by atoms with Gasteiger partial charge < -0.3 is 5.73 Å². The molecule has 6 heteroatoms. The number of hydrogen-bond acceptors (Lipinski definition) is 4. The van der Waals surface area contributed by atoms with Crippen LogP contribution in [0.15, 0.2) is 0 Å². The lowest BCUT2D eigenvalue weighted by Crippen LogP contribution is -2.07. The third kappa shape index (κ3) is 3.06. The largest absolute Gasteiger partial charge is 0.368 e. The third-order valence-corrected chi connectivity index (χ3v) is 1.77. The molecule has 0 radical (unpaired) electrons. The molecule has 0 saturated carbocycles. The zero-order valence-corrected chi connectivity index (χ0v) is 8.79. The number of nitrogen functional groups attached to an aromatic ring is 1. The van der Waals surface area contributed by atoms with Crippen molar-refractivity contribution in [1.29, 1.82) is 0 Å². The van der Waals surface area contributed by atoms with E-state index in [1.807, 2.05) is 13.8 Å². The Hall–Kier alpha value is -0.970. The molecule has 1 atom stereocenters. The second kappa shape index (κ2) is 4.50. The summed E-state index contributed by atoms with van der Waals surface area (Å²) in [4.78, 5) is 10.9. The molecule has 4 nitrogen and oxygen atoms in total. The molecule has 1 heterocycles. The molecule has 0 amide bonds. The minimum atomic E-state index is -1.24. The van der Waals surface area contributed by atoms with E-state index in [4.69, 9.17) is 17.3 Å². The molecule has 0 spiro atoms. The fourth-order valence-corrected chi connectivity index (χ4v) is 1.21. The number of nitrogens with zero attached hydrogens (tertiary/aromatic N) is 3. The first-order valence-corrected chi connectivity index (χ1v) is 4.68. The van der Waals surface area contributed by atoms with Crippen LogP contribution in [-0.2, 0) is 0 Å². The summed E-state index contributed by atoms with van der Waals surface area (Å²) in [6.45, 7) is 3.83. The first-order valence-electron chi connectivity index (χ1n) is 4.30. The van der Waals surface area contributed by atoms with E-state index in [2.05, 4.69) is 15.0 Å². The molecule has 1 unspecified atom stereocenters. The van der Waals surface area contributed by atoms with Crippen LogP contribution in [0.3, 0.4) is 0 Å². The SMILES string of the molecule is CC(C)CC(F)c1nc(N)nc(Cl)n1. The van der Waals surface area contributed by atoms with Crippen molar-refractivity contribution >= 4 is 17.5 Å². The van der Waals surface area contributed by atoms with Crippen LogP contribution in [0.5, 0.6) is 0 Å². The number of rotatable bonds is 3. The van der Waals surface area contributed by atoms with Crippen LogP contribution in [0.1, 0.15) is 32.3 Å². The smallest absolute Gasteiger partial charge is 0.227 e. The van der Waals surface area contributed by atoms with Gasteiger partial charge in [-0.2, -0.15) is 15.0 Å². The number of hydrogen-bond donors (Lipinski definition) is 1. The number of anilines is 1. The number of aromatic nitrogens is 3. The molecule has 1 aromatic rings. The maximum atomic E-state index is 13.5. The van der Waals surface area contributed by atoms with Crippen LogP contribution < -0.4 is 5.73 Å². The minimum absolute atomic E-state index is 0.0104. The summed E-state index contributed by atoms with van der Waals surface area (Å²) in [6.07, 6.45) is -0.891. The molecule has 0 aromatic carbocycles. The van der Waals surface area contributed by atoms with Crippen LogP contribution in [0, 0.1) is 5.92 Å². The van der Waals surface area contributed by atoms with E-state index < -0.39 is 6.17 Å². The summed E-state index contributed by atoms with van der Waals surface area (Å²) in [7, 11) is 0. The lowest BCUT2D eigenvalue weighted by atomic mass is 10.1. The van der Waals surface area contributed by atoms with Gasteiger partial charge in [0.05, 0.1) is 0 Å². The first-order chi connectivity index (χ1) is 6.49. The fourth-order valence-electron chi connectivity index (χ4n) is 1.04. The summed E-state index contributed by atoms with van der Waals surface area (Å²) < 4.78 is 13.5. The predicted octanol–water partition coefficient (Wildman–Crippen LogP) is 2.16. The Morgan fingerprint density at radius 3 is 2.50 bits per heavy atom. The summed E-state index contributed by atoms with van der Waals surface area (Å²) in [5.74, 6) is 0.185. The molecule has 14 heavy (non-hydrogen) atoms. The predicted molar refractivity (Wildman–Crippen MR) is 52.6 cm³/mol. The van der Waals surface area contributed by atoms with E-state index in [0.717, 1.165) is 0 Å². The van der Waals surface area contributed by atoms with Crippen molar-refractivity contribution in [2.24, 2.45) is 5.92 Å². The van der Waals surface area contributed by atoms with Crippen molar-refractivity contribution in [2.75, 3.05) is 5.73 Å². The molecule has 0 bridgehead atoms. The Bertz CT molecular complexity index is 298. The average molecular weight is 219 g/mol. The van der Waals surface area contributed by atoms with E-state index >= 15 is 0 Å².